The highest BCUT2D eigenvalue weighted by Crippen LogP contribution is 2.29. The van der Waals surface area contributed by atoms with Gasteiger partial charge in [-0.25, -0.2) is 18.1 Å². The van der Waals surface area contributed by atoms with Crippen LogP contribution >= 0.6 is 11.3 Å². The molecule has 0 bridgehead atoms. The number of nitrogens with zero attached hydrogens (tertiary/aromatic N) is 1. The summed E-state index contributed by atoms with van der Waals surface area (Å²) in [5, 5.41) is 0.910. The van der Waals surface area contributed by atoms with Crippen molar-refractivity contribution in [2.45, 2.75) is 18.2 Å². The largest absolute Gasteiger partial charge is 0.493 e. The van der Waals surface area contributed by atoms with Gasteiger partial charge in [0.05, 0.1) is 24.1 Å². The van der Waals surface area contributed by atoms with Crippen LogP contribution in [0.3, 0.4) is 0 Å². The Morgan fingerprint density at radius 1 is 1.23 bits per heavy atom. The summed E-state index contributed by atoms with van der Waals surface area (Å²) in [7, 11) is -0.625. The van der Waals surface area contributed by atoms with Crippen molar-refractivity contribution in [3.05, 3.63) is 34.3 Å². The smallest absolute Gasteiger partial charge is 0.240 e. The van der Waals surface area contributed by atoms with Gasteiger partial charge in [0.2, 0.25) is 10.0 Å². The van der Waals surface area contributed by atoms with Gasteiger partial charge in [-0.05, 0) is 19.1 Å². The van der Waals surface area contributed by atoms with Crippen molar-refractivity contribution >= 4 is 21.4 Å². The molecule has 22 heavy (non-hydrogen) atoms. The number of nitrogens with one attached hydrogen (secondary N) is 1. The summed E-state index contributed by atoms with van der Waals surface area (Å²) in [4.78, 5) is 5.45. The lowest BCUT2D eigenvalue weighted by atomic mass is 10.3. The molecule has 2 rings (SSSR count). The standard InChI is InChI=1S/C14H18N2O4S2/c1-10-9-15-14(21-10)6-7-16-22(17,18)11-4-5-12(19-2)13(8-11)20-3/h4-5,8-9,16H,6-7H2,1-3H3. The number of methoxy groups -OCH3 is 2. The molecule has 0 saturated heterocycles. The number of aromatic nitrogens is 1. The summed E-state index contributed by atoms with van der Waals surface area (Å²) in [6.45, 7) is 2.26. The second kappa shape index (κ2) is 7.08. The minimum absolute atomic E-state index is 0.139. The van der Waals surface area contributed by atoms with Crippen molar-refractivity contribution < 1.29 is 17.9 Å². The maximum Gasteiger partial charge on any atom is 0.240 e. The molecule has 0 atom stereocenters. The Morgan fingerprint density at radius 3 is 2.55 bits per heavy atom. The van der Waals surface area contributed by atoms with Crippen LogP contribution in [0.5, 0.6) is 11.5 Å². The lowest BCUT2D eigenvalue weighted by molar-refractivity contribution is 0.354. The molecule has 0 spiro atoms. The fourth-order valence-electron chi connectivity index (χ4n) is 1.88. The Kier molecular flexibility index (Phi) is 5.38. The third-order valence-corrected chi connectivity index (χ3v) is 5.40. The summed E-state index contributed by atoms with van der Waals surface area (Å²) in [5.41, 5.74) is 0. The second-order valence-electron chi connectivity index (χ2n) is 4.53. The number of thiazole rings is 1. The molecule has 120 valence electrons. The fraction of sp³-hybridized carbons (Fsp3) is 0.357. The first-order valence-electron chi connectivity index (χ1n) is 6.59. The number of benzene rings is 1. The number of ether oxygens (including phenoxy) is 2. The Hall–Kier alpha value is -1.64. The molecule has 1 aromatic carbocycles. The first kappa shape index (κ1) is 16.7. The third-order valence-electron chi connectivity index (χ3n) is 2.97. The molecule has 0 fully saturated rings. The van der Waals surface area contributed by atoms with E-state index in [0.29, 0.717) is 24.5 Å². The number of hydrogen-bond acceptors (Lipinski definition) is 6. The van der Waals surface area contributed by atoms with Gasteiger partial charge in [0.15, 0.2) is 11.5 Å². The van der Waals surface area contributed by atoms with E-state index in [1.165, 1.54) is 26.4 Å². The molecule has 1 heterocycles. The Morgan fingerprint density at radius 2 is 1.95 bits per heavy atom. The summed E-state index contributed by atoms with van der Waals surface area (Å²) in [5.74, 6) is 0.862. The molecular weight excluding hydrogens is 324 g/mol. The first-order chi connectivity index (χ1) is 10.5. The van der Waals surface area contributed by atoms with Crippen LogP contribution in [-0.2, 0) is 16.4 Å². The highest BCUT2D eigenvalue weighted by Gasteiger charge is 2.16. The molecule has 1 aromatic heterocycles. The van der Waals surface area contributed by atoms with Gasteiger partial charge in [-0.2, -0.15) is 0 Å². The van der Waals surface area contributed by atoms with Crippen LogP contribution in [0.15, 0.2) is 29.3 Å². The van der Waals surface area contributed by atoms with E-state index in [1.807, 2.05) is 6.92 Å². The number of aryl methyl sites for hydroxylation is 1. The van der Waals surface area contributed by atoms with Crippen LogP contribution in [0.1, 0.15) is 9.88 Å². The molecular formula is C14H18N2O4S2. The Balaban J connectivity index is 2.06. The van der Waals surface area contributed by atoms with Crippen molar-refractivity contribution in [2.75, 3.05) is 20.8 Å². The zero-order valence-corrected chi connectivity index (χ0v) is 14.3. The average molecular weight is 342 g/mol. The highest BCUT2D eigenvalue weighted by atomic mass is 32.2. The lowest BCUT2D eigenvalue weighted by Gasteiger charge is -2.10. The van der Waals surface area contributed by atoms with Gasteiger partial charge < -0.3 is 9.47 Å². The van der Waals surface area contributed by atoms with Gasteiger partial charge in [0.1, 0.15) is 0 Å². The molecule has 0 unspecified atom stereocenters. The zero-order chi connectivity index (χ0) is 16.2. The molecule has 0 aliphatic carbocycles. The lowest BCUT2D eigenvalue weighted by Crippen LogP contribution is -2.26. The van der Waals surface area contributed by atoms with Crippen LogP contribution < -0.4 is 14.2 Å². The third kappa shape index (κ3) is 3.96. The van der Waals surface area contributed by atoms with Gasteiger partial charge in [-0.1, -0.05) is 0 Å². The molecule has 0 saturated carbocycles. The van der Waals surface area contributed by atoms with E-state index < -0.39 is 10.0 Å². The van der Waals surface area contributed by atoms with Crippen LogP contribution in [0.2, 0.25) is 0 Å². The monoisotopic (exact) mass is 342 g/mol. The SMILES string of the molecule is COc1ccc(S(=O)(=O)NCCc2ncc(C)s2)cc1OC. The minimum Gasteiger partial charge on any atom is -0.493 e. The first-order valence-corrected chi connectivity index (χ1v) is 8.89. The summed E-state index contributed by atoms with van der Waals surface area (Å²) >= 11 is 1.56. The highest BCUT2D eigenvalue weighted by molar-refractivity contribution is 7.89. The van der Waals surface area contributed by atoms with Crippen LogP contribution in [0, 0.1) is 6.92 Å². The predicted molar refractivity (Wildman–Crippen MR) is 85.3 cm³/mol. The summed E-state index contributed by atoms with van der Waals surface area (Å²) in [6.07, 6.45) is 2.34. The van der Waals surface area contributed by atoms with E-state index in [-0.39, 0.29) is 4.90 Å². The van der Waals surface area contributed by atoms with Crippen LogP contribution in [0.4, 0.5) is 0 Å². The van der Waals surface area contributed by atoms with Crippen LogP contribution in [-0.4, -0.2) is 34.2 Å². The molecule has 1 N–H and O–H groups in total. The van der Waals surface area contributed by atoms with E-state index in [1.54, 1.807) is 23.6 Å². The second-order valence-corrected chi connectivity index (χ2v) is 7.62. The van der Waals surface area contributed by atoms with Crippen LogP contribution in [0.25, 0.3) is 0 Å². The van der Waals surface area contributed by atoms with Crippen molar-refractivity contribution in [3.63, 3.8) is 0 Å². The van der Waals surface area contributed by atoms with E-state index in [4.69, 9.17) is 9.47 Å². The number of sulfonamides is 1. The normalized spacial score (nSPS) is 11.4. The molecule has 0 radical (unpaired) electrons. The molecule has 8 heteroatoms. The summed E-state index contributed by atoms with van der Waals surface area (Å²) in [6, 6.07) is 4.49. The van der Waals surface area contributed by atoms with Gasteiger partial charge in [0.25, 0.3) is 0 Å². The van der Waals surface area contributed by atoms with E-state index in [9.17, 15) is 8.42 Å². The molecule has 2 aromatic rings. The average Bonchev–Trinajstić information content (AvgIpc) is 2.91. The maximum absolute atomic E-state index is 12.3. The number of rotatable bonds is 7. The molecule has 0 aliphatic rings. The predicted octanol–water partition coefficient (Wildman–Crippen LogP) is 1.99. The van der Waals surface area contributed by atoms with Gasteiger partial charge in [-0.3, -0.25) is 0 Å². The topological polar surface area (TPSA) is 77.5 Å². The van der Waals surface area contributed by atoms with E-state index >= 15 is 0 Å². The Labute approximate surface area is 134 Å². The molecule has 0 amide bonds. The number of hydrogen-bond donors (Lipinski definition) is 1. The van der Waals surface area contributed by atoms with Crippen molar-refractivity contribution in [2.24, 2.45) is 0 Å². The van der Waals surface area contributed by atoms with Gasteiger partial charge in [-0.15, -0.1) is 11.3 Å². The van der Waals surface area contributed by atoms with Gasteiger partial charge in [0, 0.05) is 30.1 Å². The molecule has 6 nitrogen and oxygen atoms in total. The van der Waals surface area contributed by atoms with E-state index in [2.05, 4.69) is 9.71 Å². The quantitative estimate of drug-likeness (QED) is 0.832. The Bertz CT molecular complexity index is 741. The fourth-order valence-corrected chi connectivity index (χ4v) is 3.71. The molecule has 0 aliphatic heterocycles. The van der Waals surface area contributed by atoms with Crippen molar-refractivity contribution in [1.29, 1.82) is 0 Å². The summed E-state index contributed by atoms with van der Waals surface area (Å²) < 4.78 is 37.3. The van der Waals surface area contributed by atoms with E-state index in [0.717, 1.165) is 9.88 Å². The van der Waals surface area contributed by atoms with Crippen molar-refractivity contribution in [3.8, 4) is 11.5 Å². The van der Waals surface area contributed by atoms with Gasteiger partial charge >= 0.3 is 0 Å². The van der Waals surface area contributed by atoms with Crippen molar-refractivity contribution in [1.82, 2.24) is 9.71 Å². The minimum atomic E-state index is -3.59. The zero-order valence-electron chi connectivity index (χ0n) is 12.6. The maximum atomic E-state index is 12.3.